The van der Waals surface area contributed by atoms with Crippen molar-refractivity contribution in [2.45, 2.75) is 39.8 Å². The number of pyridine rings is 1. The standard InChI is InChI=1S/C12H13N5O2.C2H6/c18-11-10(15-14-9-4-3-5-13-8-9)12(19)17-7-2-1-6-16(11)17;1-2/h3-5,8,18H,1-2,6-7H2;1-2H3. The molecule has 1 aliphatic rings. The zero-order chi connectivity index (χ0) is 15.2. The minimum atomic E-state index is -0.301. The number of aromatic nitrogens is 3. The van der Waals surface area contributed by atoms with Crippen molar-refractivity contribution in [3.63, 3.8) is 0 Å². The van der Waals surface area contributed by atoms with Gasteiger partial charge in [0.15, 0.2) is 0 Å². The smallest absolute Gasteiger partial charge is 0.298 e. The molecule has 7 nitrogen and oxygen atoms in total. The minimum absolute atomic E-state index is 0.00856. The molecule has 2 aromatic heterocycles. The van der Waals surface area contributed by atoms with E-state index in [1.807, 2.05) is 13.8 Å². The monoisotopic (exact) mass is 289 g/mol. The average molecular weight is 289 g/mol. The molecule has 0 bridgehead atoms. The first-order chi connectivity index (χ1) is 10.3. The third-order valence-corrected chi connectivity index (χ3v) is 3.09. The van der Waals surface area contributed by atoms with E-state index in [0.29, 0.717) is 18.8 Å². The summed E-state index contributed by atoms with van der Waals surface area (Å²) in [5.41, 5.74) is 0.228. The fourth-order valence-corrected chi connectivity index (χ4v) is 2.14. The molecule has 0 saturated carbocycles. The van der Waals surface area contributed by atoms with E-state index in [9.17, 15) is 9.90 Å². The van der Waals surface area contributed by atoms with Gasteiger partial charge in [-0.05, 0) is 25.0 Å². The highest BCUT2D eigenvalue weighted by atomic mass is 16.3. The minimum Gasteiger partial charge on any atom is -0.492 e. The summed E-state index contributed by atoms with van der Waals surface area (Å²) in [5, 5.41) is 17.8. The number of fused-ring (bicyclic) bond motifs is 1. The fraction of sp³-hybridized carbons (Fsp3) is 0.429. The van der Waals surface area contributed by atoms with E-state index < -0.39 is 0 Å². The molecule has 7 heteroatoms. The van der Waals surface area contributed by atoms with E-state index in [2.05, 4.69) is 15.2 Å². The third-order valence-electron chi connectivity index (χ3n) is 3.09. The number of nitrogens with zero attached hydrogens (tertiary/aromatic N) is 5. The van der Waals surface area contributed by atoms with Crippen LogP contribution in [0.1, 0.15) is 26.7 Å². The van der Waals surface area contributed by atoms with Crippen LogP contribution < -0.4 is 5.56 Å². The molecule has 1 N–H and O–H groups in total. The molecular formula is C14H19N5O2. The van der Waals surface area contributed by atoms with Gasteiger partial charge in [-0.25, -0.2) is 9.36 Å². The summed E-state index contributed by atoms with van der Waals surface area (Å²) >= 11 is 0. The molecule has 3 rings (SSSR count). The maximum absolute atomic E-state index is 12.1. The molecule has 2 aromatic rings. The van der Waals surface area contributed by atoms with Gasteiger partial charge in [-0.1, -0.05) is 13.8 Å². The summed E-state index contributed by atoms with van der Waals surface area (Å²) in [6.45, 7) is 5.23. The van der Waals surface area contributed by atoms with Crippen LogP contribution in [0.3, 0.4) is 0 Å². The Morgan fingerprint density at radius 3 is 2.52 bits per heavy atom. The van der Waals surface area contributed by atoms with Crippen LogP contribution in [0.2, 0.25) is 0 Å². The van der Waals surface area contributed by atoms with Crippen LogP contribution in [0, 0.1) is 0 Å². The lowest BCUT2D eigenvalue weighted by molar-refractivity contribution is 0.305. The number of hydrogen-bond acceptors (Lipinski definition) is 5. The first-order valence-electron chi connectivity index (χ1n) is 7.12. The van der Waals surface area contributed by atoms with Crippen molar-refractivity contribution in [1.82, 2.24) is 14.3 Å². The molecule has 3 heterocycles. The van der Waals surface area contributed by atoms with Crippen molar-refractivity contribution < 1.29 is 5.11 Å². The quantitative estimate of drug-likeness (QED) is 0.862. The molecule has 21 heavy (non-hydrogen) atoms. The van der Waals surface area contributed by atoms with Crippen molar-refractivity contribution in [3.05, 3.63) is 34.9 Å². The van der Waals surface area contributed by atoms with E-state index in [1.165, 1.54) is 10.9 Å². The van der Waals surface area contributed by atoms with Crippen LogP contribution in [0.15, 0.2) is 39.5 Å². The Balaban J connectivity index is 0.000000774. The summed E-state index contributed by atoms with van der Waals surface area (Å²) in [6, 6.07) is 3.45. The largest absolute Gasteiger partial charge is 0.492 e. The van der Waals surface area contributed by atoms with Gasteiger partial charge in [0.25, 0.3) is 5.56 Å². The van der Waals surface area contributed by atoms with Crippen molar-refractivity contribution in [2.75, 3.05) is 0 Å². The highest BCUT2D eigenvalue weighted by Crippen LogP contribution is 2.27. The third kappa shape index (κ3) is 3.01. The Bertz CT molecular complexity index is 673. The Morgan fingerprint density at radius 2 is 1.90 bits per heavy atom. The van der Waals surface area contributed by atoms with Crippen LogP contribution >= 0.6 is 0 Å². The van der Waals surface area contributed by atoms with Crippen molar-refractivity contribution >= 4 is 11.4 Å². The van der Waals surface area contributed by atoms with Crippen molar-refractivity contribution in [3.8, 4) is 5.88 Å². The molecule has 0 radical (unpaired) electrons. The molecule has 0 aliphatic carbocycles. The van der Waals surface area contributed by atoms with Gasteiger partial charge in [0.05, 0.1) is 6.20 Å². The molecular weight excluding hydrogens is 270 g/mol. The van der Waals surface area contributed by atoms with Crippen LogP contribution in [0.4, 0.5) is 11.4 Å². The van der Waals surface area contributed by atoms with Crippen molar-refractivity contribution in [2.24, 2.45) is 10.2 Å². The first-order valence-corrected chi connectivity index (χ1v) is 7.12. The van der Waals surface area contributed by atoms with Gasteiger partial charge in [-0.3, -0.25) is 9.78 Å². The SMILES string of the molecule is CC.O=c1c(N=Nc2cccnc2)c(O)n2n1CCCC2. The summed E-state index contributed by atoms with van der Waals surface area (Å²) in [5.74, 6) is -0.114. The summed E-state index contributed by atoms with van der Waals surface area (Å²) in [4.78, 5) is 16.0. The van der Waals surface area contributed by atoms with Gasteiger partial charge in [0.2, 0.25) is 11.6 Å². The maximum atomic E-state index is 12.1. The second-order valence-corrected chi connectivity index (χ2v) is 4.34. The van der Waals surface area contributed by atoms with Gasteiger partial charge >= 0.3 is 0 Å². The molecule has 0 amide bonds. The molecule has 0 unspecified atom stereocenters. The zero-order valence-corrected chi connectivity index (χ0v) is 12.2. The van der Waals surface area contributed by atoms with E-state index in [1.54, 1.807) is 23.0 Å². The highest BCUT2D eigenvalue weighted by Gasteiger charge is 2.21. The average Bonchev–Trinajstić information content (AvgIpc) is 2.80. The van der Waals surface area contributed by atoms with Crippen molar-refractivity contribution in [1.29, 1.82) is 0 Å². The Labute approximate surface area is 122 Å². The Hall–Kier alpha value is -2.44. The van der Waals surface area contributed by atoms with Crippen LogP contribution in [-0.2, 0) is 13.1 Å². The van der Waals surface area contributed by atoms with E-state index in [0.717, 1.165) is 12.8 Å². The second-order valence-electron chi connectivity index (χ2n) is 4.34. The number of aromatic hydroxyl groups is 1. The summed E-state index contributed by atoms with van der Waals surface area (Å²) in [7, 11) is 0. The van der Waals surface area contributed by atoms with Gasteiger partial charge in [-0.15, -0.1) is 10.2 Å². The second kappa shape index (κ2) is 6.83. The van der Waals surface area contributed by atoms with E-state index in [4.69, 9.17) is 0 Å². The van der Waals surface area contributed by atoms with Gasteiger partial charge in [-0.2, -0.15) is 0 Å². The molecule has 0 saturated heterocycles. The number of hydrogen-bond donors (Lipinski definition) is 1. The normalized spacial score (nSPS) is 13.6. The summed E-state index contributed by atoms with van der Waals surface area (Å²) < 4.78 is 3.07. The van der Waals surface area contributed by atoms with Crippen LogP contribution in [0.25, 0.3) is 0 Å². The van der Waals surface area contributed by atoms with E-state index >= 15 is 0 Å². The zero-order valence-electron chi connectivity index (χ0n) is 12.2. The van der Waals surface area contributed by atoms with Gasteiger partial charge in [0, 0.05) is 19.3 Å². The molecule has 112 valence electrons. The number of azo groups is 1. The lowest BCUT2D eigenvalue weighted by atomic mass is 10.3. The first kappa shape index (κ1) is 15.0. The molecule has 1 aliphatic heterocycles. The summed E-state index contributed by atoms with van der Waals surface area (Å²) in [6.07, 6.45) is 5.04. The van der Waals surface area contributed by atoms with Gasteiger partial charge < -0.3 is 5.11 Å². The van der Waals surface area contributed by atoms with E-state index in [-0.39, 0.29) is 17.1 Å². The predicted molar refractivity (Wildman–Crippen MR) is 79.4 cm³/mol. The highest BCUT2D eigenvalue weighted by molar-refractivity contribution is 5.45. The molecule has 0 atom stereocenters. The lowest BCUT2D eigenvalue weighted by Gasteiger charge is -2.16. The van der Waals surface area contributed by atoms with Gasteiger partial charge in [0.1, 0.15) is 5.69 Å². The van der Waals surface area contributed by atoms with Crippen LogP contribution in [0.5, 0.6) is 5.88 Å². The topological polar surface area (TPSA) is 84.8 Å². The fourth-order valence-electron chi connectivity index (χ4n) is 2.14. The molecule has 0 aromatic carbocycles. The Morgan fingerprint density at radius 1 is 1.19 bits per heavy atom. The predicted octanol–water partition coefficient (Wildman–Crippen LogP) is 2.99. The Kier molecular flexibility index (Phi) is 4.86. The van der Waals surface area contributed by atoms with Crippen LogP contribution in [-0.4, -0.2) is 19.5 Å². The molecule has 0 fully saturated rings. The number of rotatable bonds is 2. The maximum Gasteiger partial charge on any atom is 0.298 e. The molecule has 0 spiro atoms. The lowest BCUT2D eigenvalue weighted by Crippen LogP contribution is -2.26.